The number of carbonyl (C=O) groups is 1. The van der Waals surface area contributed by atoms with Gasteiger partial charge in [-0.1, -0.05) is 24.3 Å². The number of hydrogen-bond donors (Lipinski definition) is 1. The number of likely N-dealkylation sites (tertiary alicyclic amines) is 1. The van der Waals surface area contributed by atoms with Gasteiger partial charge >= 0.3 is 5.97 Å². The molecule has 28 heavy (non-hydrogen) atoms. The Hall–Kier alpha value is -1.98. The maximum atomic E-state index is 13.3. The Morgan fingerprint density at radius 2 is 1.43 bits per heavy atom. The predicted octanol–water partition coefficient (Wildman–Crippen LogP) is 5.10. The fraction of sp³-hybridized carbons (Fsp3) is 0.409. The summed E-state index contributed by atoms with van der Waals surface area (Å²) in [7, 11) is 0. The molecule has 0 spiro atoms. The molecule has 0 amide bonds. The topological polar surface area (TPSA) is 40.5 Å². The number of carboxylic acid groups (broad SMARTS) is 1. The highest BCUT2D eigenvalue weighted by Gasteiger charge is 2.24. The molecule has 6 heteroatoms. The van der Waals surface area contributed by atoms with E-state index in [4.69, 9.17) is 5.11 Å². The van der Waals surface area contributed by atoms with Crippen LogP contribution in [0.1, 0.15) is 42.7 Å². The van der Waals surface area contributed by atoms with Crippen LogP contribution >= 0.6 is 12.4 Å². The molecule has 0 bridgehead atoms. The summed E-state index contributed by atoms with van der Waals surface area (Å²) in [6.45, 7) is 2.54. The highest BCUT2D eigenvalue weighted by atomic mass is 35.5. The average Bonchev–Trinajstić information content (AvgIpc) is 2.67. The van der Waals surface area contributed by atoms with Crippen LogP contribution in [-0.2, 0) is 4.79 Å². The first-order valence-corrected chi connectivity index (χ1v) is 9.49. The molecule has 2 aromatic carbocycles. The smallest absolute Gasteiger partial charge is 0.306 e. The second-order valence-electron chi connectivity index (χ2n) is 7.25. The van der Waals surface area contributed by atoms with Crippen molar-refractivity contribution in [3.8, 4) is 0 Å². The highest BCUT2D eigenvalue weighted by Crippen LogP contribution is 2.30. The predicted molar refractivity (Wildman–Crippen MR) is 108 cm³/mol. The van der Waals surface area contributed by atoms with Crippen molar-refractivity contribution >= 4 is 18.4 Å². The molecular weight excluding hydrogens is 384 g/mol. The number of piperidine rings is 1. The second-order valence-corrected chi connectivity index (χ2v) is 7.25. The van der Waals surface area contributed by atoms with Gasteiger partial charge in [0.1, 0.15) is 11.6 Å². The van der Waals surface area contributed by atoms with Crippen LogP contribution in [0.25, 0.3) is 0 Å². The molecule has 3 nitrogen and oxygen atoms in total. The van der Waals surface area contributed by atoms with Gasteiger partial charge in [-0.05, 0) is 80.7 Å². The Morgan fingerprint density at radius 3 is 1.86 bits per heavy atom. The largest absolute Gasteiger partial charge is 0.481 e. The van der Waals surface area contributed by atoms with E-state index in [1.165, 1.54) is 24.3 Å². The standard InChI is InChI=1S/C22H25F2NO2.ClH/c23-19-7-3-16(4-8-19)21(17-5-9-20(24)10-6-17)2-1-13-25-14-11-18(12-15-25)22(26)27;/h3-10,18,21H,1-2,11-15H2,(H,26,27);1H. The number of nitrogens with zero attached hydrogens (tertiary/aromatic N) is 1. The molecule has 0 saturated carbocycles. The molecular formula is C22H26ClF2NO2. The molecule has 0 unspecified atom stereocenters. The summed E-state index contributed by atoms with van der Waals surface area (Å²) in [4.78, 5) is 13.4. The van der Waals surface area contributed by atoms with Crippen molar-refractivity contribution in [1.82, 2.24) is 4.90 Å². The first kappa shape index (κ1) is 22.3. The molecule has 0 aromatic heterocycles. The molecule has 3 rings (SSSR count). The zero-order valence-corrected chi connectivity index (χ0v) is 16.5. The van der Waals surface area contributed by atoms with Crippen molar-refractivity contribution in [3.63, 3.8) is 0 Å². The second kappa shape index (κ2) is 10.5. The minimum Gasteiger partial charge on any atom is -0.481 e. The van der Waals surface area contributed by atoms with Crippen LogP contribution < -0.4 is 0 Å². The minimum atomic E-state index is -0.692. The van der Waals surface area contributed by atoms with E-state index in [0.717, 1.165) is 43.6 Å². The number of halogens is 3. The molecule has 1 N–H and O–H groups in total. The molecule has 0 radical (unpaired) electrons. The lowest BCUT2D eigenvalue weighted by atomic mass is 9.87. The summed E-state index contributed by atoms with van der Waals surface area (Å²) in [5.41, 5.74) is 2.04. The zero-order chi connectivity index (χ0) is 19.2. The van der Waals surface area contributed by atoms with Crippen LogP contribution in [-0.4, -0.2) is 35.6 Å². The Balaban J connectivity index is 0.00000280. The van der Waals surface area contributed by atoms with Crippen molar-refractivity contribution in [2.75, 3.05) is 19.6 Å². The van der Waals surface area contributed by atoms with Gasteiger partial charge in [-0.3, -0.25) is 4.79 Å². The first-order valence-electron chi connectivity index (χ1n) is 9.49. The third-order valence-corrected chi connectivity index (χ3v) is 5.45. The third-order valence-electron chi connectivity index (χ3n) is 5.45. The van der Waals surface area contributed by atoms with Crippen molar-refractivity contribution < 1.29 is 18.7 Å². The molecule has 152 valence electrons. The molecule has 2 aromatic rings. The number of benzene rings is 2. The summed E-state index contributed by atoms with van der Waals surface area (Å²) in [6, 6.07) is 13.0. The molecule has 1 fully saturated rings. The third kappa shape index (κ3) is 6.01. The van der Waals surface area contributed by atoms with Crippen molar-refractivity contribution in [2.45, 2.75) is 31.6 Å². The normalized spacial score (nSPS) is 15.4. The van der Waals surface area contributed by atoms with Gasteiger partial charge < -0.3 is 10.0 Å². The Labute approximate surface area is 170 Å². The fourth-order valence-electron chi connectivity index (χ4n) is 3.84. The number of aliphatic carboxylic acids is 1. The van der Waals surface area contributed by atoms with Gasteiger partial charge in [-0.2, -0.15) is 0 Å². The van der Waals surface area contributed by atoms with Crippen LogP contribution in [0.2, 0.25) is 0 Å². The lowest BCUT2D eigenvalue weighted by molar-refractivity contribution is -0.143. The van der Waals surface area contributed by atoms with E-state index in [9.17, 15) is 13.6 Å². The zero-order valence-electron chi connectivity index (χ0n) is 15.7. The van der Waals surface area contributed by atoms with Crippen LogP contribution in [0.3, 0.4) is 0 Å². The number of rotatable bonds is 7. The van der Waals surface area contributed by atoms with Gasteiger partial charge in [-0.25, -0.2) is 8.78 Å². The summed E-state index contributed by atoms with van der Waals surface area (Å²) < 4.78 is 26.6. The van der Waals surface area contributed by atoms with Crippen molar-refractivity contribution in [1.29, 1.82) is 0 Å². The summed E-state index contributed by atoms with van der Waals surface area (Å²) in [6.07, 6.45) is 3.22. The Kier molecular flexibility index (Phi) is 8.39. The molecule has 1 heterocycles. The Morgan fingerprint density at radius 1 is 0.964 bits per heavy atom. The number of hydrogen-bond acceptors (Lipinski definition) is 2. The highest BCUT2D eigenvalue weighted by molar-refractivity contribution is 5.85. The molecule has 0 aliphatic carbocycles. The monoisotopic (exact) mass is 409 g/mol. The first-order chi connectivity index (χ1) is 13.0. The minimum absolute atomic E-state index is 0. The summed E-state index contributed by atoms with van der Waals surface area (Å²) >= 11 is 0. The SMILES string of the molecule is Cl.O=C(O)C1CCN(CCCC(c2ccc(F)cc2)c2ccc(F)cc2)CC1. The lowest BCUT2D eigenvalue weighted by Gasteiger charge is -2.30. The summed E-state index contributed by atoms with van der Waals surface area (Å²) in [5, 5.41) is 9.09. The number of carboxylic acids is 1. The van der Waals surface area contributed by atoms with Gasteiger partial charge in [-0.15, -0.1) is 12.4 Å². The van der Waals surface area contributed by atoms with Gasteiger partial charge in [0, 0.05) is 5.92 Å². The van der Waals surface area contributed by atoms with E-state index in [1.54, 1.807) is 24.3 Å². The molecule has 1 aliphatic heterocycles. The quantitative estimate of drug-likeness (QED) is 0.692. The molecule has 0 atom stereocenters. The van der Waals surface area contributed by atoms with E-state index in [2.05, 4.69) is 4.90 Å². The van der Waals surface area contributed by atoms with Crippen LogP contribution in [0.5, 0.6) is 0 Å². The fourth-order valence-corrected chi connectivity index (χ4v) is 3.84. The summed E-state index contributed by atoms with van der Waals surface area (Å²) in [5.74, 6) is -1.35. The van der Waals surface area contributed by atoms with Crippen LogP contribution in [0, 0.1) is 17.6 Å². The lowest BCUT2D eigenvalue weighted by Crippen LogP contribution is -2.36. The molecule has 1 saturated heterocycles. The van der Waals surface area contributed by atoms with Crippen LogP contribution in [0.15, 0.2) is 48.5 Å². The molecule has 1 aliphatic rings. The van der Waals surface area contributed by atoms with E-state index in [0.29, 0.717) is 12.8 Å². The van der Waals surface area contributed by atoms with Gasteiger partial charge in [0.25, 0.3) is 0 Å². The average molecular weight is 410 g/mol. The van der Waals surface area contributed by atoms with Gasteiger partial charge in [0.15, 0.2) is 0 Å². The Bertz CT molecular complexity index is 699. The van der Waals surface area contributed by atoms with Gasteiger partial charge in [0.2, 0.25) is 0 Å². The van der Waals surface area contributed by atoms with Crippen molar-refractivity contribution in [3.05, 3.63) is 71.3 Å². The van der Waals surface area contributed by atoms with Gasteiger partial charge in [0.05, 0.1) is 5.92 Å². The maximum Gasteiger partial charge on any atom is 0.306 e. The van der Waals surface area contributed by atoms with E-state index in [1.807, 2.05) is 0 Å². The van der Waals surface area contributed by atoms with E-state index in [-0.39, 0.29) is 35.9 Å². The van der Waals surface area contributed by atoms with Crippen molar-refractivity contribution in [2.24, 2.45) is 5.92 Å². The van der Waals surface area contributed by atoms with Crippen LogP contribution in [0.4, 0.5) is 8.78 Å². The van der Waals surface area contributed by atoms with E-state index < -0.39 is 5.97 Å². The maximum absolute atomic E-state index is 13.3. The van der Waals surface area contributed by atoms with E-state index >= 15 is 0 Å².